The Morgan fingerprint density at radius 1 is 1.18 bits per heavy atom. The minimum atomic E-state index is -1.73. The van der Waals surface area contributed by atoms with E-state index in [1.807, 2.05) is 0 Å². The molecule has 0 heterocycles. The standard InChI is InChI=1S/C13H14NO8/c1-13(2,22-11(15)16)8-21-12(17)20-7-9-3-5-10(6-4-9)14(18)19/h3-6H,7-8H2,1-2H3. The minimum Gasteiger partial charge on any atom is -0.430 e. The van der Waals surface area contributed by atoms with Crippen LogP contribution in [0.25, 0.3) is 0 Å². The molecule has 0 saturated heterocycles. The van der Waals surface area contributed by atoms with Crippen molar-refractivity contribution in [3.8, 4) is 0 Å². The van der Waals surface area contributed by atoms with E-state index in [4.69, 9.17) is 9.47 Å². The van der Waals surface area contributed by atoms with Crippen molar-refractivity contribution in [1.29, 1.82) is 0 Å². The van der Waals surface area contributed by atoms with Gasteiger partial charge in [-0.2, -0.15) is 9.90 Å². The van der Waals surface area contributed by atoms with E-state index in [-0.39, 0.29) is 18.9 Å². The number of hydrogen-bond donors (Lipinski definition) is 0. The summed E-state index contributed by atoms with van der Waals surface area (Å²) in [7, 11) is 0. The Labute approximate surface area is 125 Å². The van der Waals surface area contributed by atoms with E-state index in [0.29, 0.717) is 5.56 Å². The molecule has 0 spiro atoms. The summed E-state index contributed by atoms with van der Waals surface area (Å²) in [6, 6.07) is 5.44. The van der Waals surface area contributed by atoms with E-state index < -0.39 is 22.8 Å². The first kappa shape index (κ1) is 17.2. The molecule has 9 heteroatoms. The van der Waals surface area contributed by atoms with Crippen molar-refractivity contribution in [2.45, 2.75) is 26.1 Å². The second-order valence-electron chi connectivity index (χ2n) is 4.86. The molecular weight excluding hydrogens is 298 g/mol. The molecule has 0 fully saturated rings. The van der Waals surface area contributed by atoms with Crippen LogP contribution in [-0.2, 0) is 25.9 Å². The number of benzene rings is 1. The molecule has 1 rings (SSSR count). The van der Waals surface area contributed by atoms with Crippen molar-refractivity contribution in [2.24, 2.45) is 0 Å². The van der Waals surface area contributed by atoms with Crippen molar-refractivity contribution in [3.63, 3.8) is 0 Å². The Balaban J connectivity index is 2.40. The predicted molar refractivity (Wildman–Crippen MR) is 70.5 cm³/mol. The third kappa shape index (κ3) is 6.07. The van der Waals surface area contributed by atoms with Crippen LogP contribution in [0.4, 0.5) is 15.3 Å². The molecule has 0 aliphatic rings. The number of nitro groups is 1. The summed E-state index contributed by atoms with van der Waals surface area (Å²) in [6.45, 7) is 2.30. The number of carbonyl (C=O) groups is 2. The quantitative estimate of drug-likeness (QED) is 0.449. The van der Waals surface area contributed by atoms with Gasteiger partial charge in [-0.3, -0.25) is 10.1 Å². The molecule has 22 heavy (non-hydrogen) atoms. The maximum absolute atomic E-state index is 11.4. The third-order valence-corrected chi connectivity index (χ3v) is 2.40. The van der Waals surface area contributed by atoms with E-state index >= 15 is 0 Å². The average Bonchev–Trinajstić information content (AvgIpc) is 2.42. The Hall–Kier alpha value is -2.84. The molecule has 119 valence electrons. The summed E-state index contributed by atoms with van der Waals surface area (Å²) < 4.78 is 13.9. The lowest BCUT2D eigenvalue weighted by molar-refractivity contribution is -0.384. The number of hydrogen-bond acceptors (Lipinski definition) is 7. The minimum absolute atomic E-state index is 0.0764. The van der Waals surface area contributed by atoms with Crippen LogP contribution >= 0.6 is 0 Å². The van der Waals surface area contributed by atoms with Gasteiger partial charge < -0.3 is 14.2 Å². The lowest BCUT2D eigenvalue weighted by Crippen LogP contribution is -2.33. The van der Waals surface area contributed by atoms with Crippen LogP contribution < -0.4 is 0 Å². The lowest BCUT2D eigenvalue weighted by atomic mass is 10.1. The molecule has 9 nitrogen and oxygen atoms in total. The second kappa shape index (κ2) is 7.25. The van der Waals surface area contributed by atoms with Gasteiger partial charge in [0, 0.05) is 12.1 Å². The highest BCUT2D eigenvalue weighted by molar-refractivity contribution is 5.60. The van der Waals surface area contributed by atoms with E-state index in [2.05, 4.69) is 4.74 Å². The number of non-ortho nitro benzene ring substituents is 1. The average molecular weight is 312 g/mol. The number of rotatable bonds is 6. The van der Waals surface area contributed by atoms with E-state index in [9.17, 15) is 24.8 Å². The molecule has 0 unspecified atom stereocenters. The van der Waals surface area contributed by atoms with Crippen molar-refractivity contribution < 1.29 is 33.8 Å². The van der Waals surface area contributed by atoms with Gasteiger partial charge in [0.15, 0.2) is 0 Å². The Morgan fingerprint density at radius 3 is 2.27 bits per heavy atom. The number of nitrogens with zero attached hydrogens (tertiary/aromatic N) is 1. The predicted octanol–water partition coefficient (Wildman–Crippen LogP) is 2.59. The van der Waals surface area contributed by atoms with Crippen LogP contribution in [0.2, 0.25) is 0 Å². The Bertz CT molecular complexity index is 552. The first-order valence-electron chi connectivity index (χ1n) is 6.12. The molecule has 0 aliphatic heterocycles. The normalized spacial score (nSPS) is 10.6. The smallest absolute Gasteiger partial charge is 0.430 e. The van der Waals surface area contributed by atoms with Crippen molar-refractivity contribution in [1.82, 2.24) is 0 Å². The number of carbonyl (C=O) groups excluding carboxylic acids is 2. The zero-order chi connectivity index (χ0) is 16.8. The van der Waals surface area contributed by atoms with Gasteiger partial charge in [-0.1, -0.05) is 0 Å². The van der Waals surface area contributed by atoms with Gasteiger partial charge in [0.25, 0.3) is 5.69 Å². The zero-order valence-corrected chi connectivity index (χ0v) is 11.9. The summed E-state index contributed by atoms with van der Waals surface area (Å²) in [4.78, 5) is 31.6. The fourth-order valence-electron chi connectivity index (χ4n) is 1.39. The maximum atomic E-state index is 11.4. The van der Waals surface area contributed by atoms with E-state index in [1.165, 1.54) is 38.1 Å². The van der Waals surface area contributed by atoms with Crippen molar-refractivity contribution in [2.75, 3.05) is 6.61 Å². The molecule has 0 atom stereocenters. The lowest BCUT2D eigenvalue weighted by Gasteiger charge is -2.21. The van der Waals surface area contributed by atoms with Gasteiger partial charge in [0.1, 0.15) is 18.8 Å². The monoisotopic (exact) mass is 312 g/mol. The fourth-order valence-corrected chi connectivity index (χ4v) is 1.39. The summed E-state index contributed by atoms with van der Waals surface area (Å²) in [6.07, 6.45) is -2.75. The van der Waals surface area contributed by atoms with Crippen LogP contribution in [-0.4, -0.2) is 29.4 Å². The van der Waals surface area contributed by atoms with E-state index in [1.54, 1.807) is 0 Å². The van der Waals surface area contributed by atoms with Crippen LogP contribution in [0, 0.1) is 10.1 Å². The van der Waals surface area contributed by atoms with Crippen LogP contribution in [0.5, 0.6) is 0 Å². The fraction of sp³-hybridized carbons (Fsp3) is 0.385. The van der Waals surface area contributed by atoms with Crippen LogP contribution in [0.1, 0.15) is 19.4 Å². The maximum Gasteiger partial charge on any atom is 0.550 e. The molecule has 0 amide bonds. The largest absolute Gasteiger partial charge is 0.550 e. The molecule has 0 aliphatic carbocycles. The van der Waals surface area contributed by atoms with E-state index in [0.717, 1.165) is 0 Å². The van der Waals surface area contributed by atoms with Gasteiger partial charge in [-0.15, -0.1) is 0 Å². The Morgan fingerprint density at radius 2 is 1.77 bits per heavy atom. The second-order valence-corrected chi connectivity index (χ2v) is 4.86. The Kier molecular flexibility index (Phi) is 5.67. The third-order valence-electron chi connectivity index (χ3n) is 2.40. The van der Waals surface area contributed by atoms with Crippen molar-refractivity contribution in [3.05, 3.63) is 39.9 Å². The van der Waals surface area contributed by atoms with Crippen molar-refractivity contribution >= 4 is 18.0 Å². The summed E-state index contributed by atoms with van der Waals surface area (Å²) in [5.74, 6) is 0. The van der Waals surface area contributed by atoms with Gasteiger partial charge in [0.05, 0.1) is 4.92 Å². The van der Waals surface area contributed by atoms with Gasteiger partial charge in [-0.05, 0) is 31.5 Å². The summed E-state index contributed by atoms with van der Waals surface area (Å²) in [5.41, 5.74) is -0.800. The molecule has 0 aromatic heterocycles. The molecule has 1 radical (unpaired) electrons. The van der Waals surface area contributed by atoms with Crippen LogP contribution in [0.15, 0.2) is 24.3 Å². The zero-order valence-electron chi connectivity index (χ0n) is 11.9. The molecule has 1 aromatic rings. The van der Waals surface area contributed by atoms with Gasteiger partial charge in [0.2, 0.25) is 0 Å². The first-order chi connectivity index (χ1) is 10.2. The summed E-state index contributed by atoms with van der Waals surface area (Å²) >= 11 is 0. The highest BCUT2D eigenvalue weighted by Gasteiger charge is 2.26. The SMILES string of the molecule is CC(C)(COC(=O)OCc1ccc([N+](=O)[O-])cc1)OC([O])=O. The molecular formula is C13H14NO8. The highest BCUT2D eigenvalue weighted by atomic mass is 16.7. The molecule has 0 bridgehead atoms. The number of nitro benzene ring substituents is 1. The van der Waals surface area contributed by atoms with Gasteiger partial charge >= 0.3 is 12.3 Å². The topological polar surface area (TPSA) is 125 Å². The number of ether oxygens (including phenoxy) is 3. The van der Waals surface area contributed by atoms with Gasteiger partial charge in [-0.25, -0.2) is 4.79 Å². The molecule has 0 saturated carbocycles. The first-order valence-corrected chi connectivity index (χ1v) is 6.12. The summed E-state index contributed by atoms with van der Waals surface area (Å²) in [5, 5.41) is 20.8. The molecule has 1 aromatic carbocycles. The van der Waals surface area contributed by atoms with Crippen LogP contribution in [0.3, 0.4) is 0 Å². The molecule has 0 N–H and O–H groups in total. The highest BCUT2D eigenvalue weighted by Crippen LogP contribution is 2.13.